The molecule has 0 aliphatic carbocycles. The van der Waals surface area contributed by atoms with Crippen LogP contribution in [0.5, 0.6) is 0 Å². The number of hydrogen-bond acceptors (Lipinski definition) is 9. The number of rotatable bonds is 12. The fourth-order valence-electron chi connectivity index (χ4n) is 5.14. The zero-order valence-corrected chi connectivity index (χ0v) is 27.2. The van der Waals surface area contributed by atoms with Gasteiger partial charge < -0.3 is 19.6 Å². The molecule has 5 rings (SSSR count). The number of aromatic nitrogens is 4. The van der Waals surface area contributed by atoms with E-state index < -0.39 is 41.7 Å². The third-order valence-corrected chi connectivity index (χ3v) is 7.94. The van der Waals surface area contributed by atoms with E-state index in [0.29, 0.717) is 11.5 Å². The van der Waals surface area contributed by atoms with Crippen molar-refractivity contribution >= 4 is 17.7 Å². The van der Waals surface area contributed by atoms with Gasteiger partial charge in [0.05, 0.1) is 17.7 Å². The van der Waals surface area contributed by atoms with Crippen LogP contribution in [0, 0.1) is 5.92 Å². The smallest absolute Gasteiger partial charge is 0.412 e. The Morgan fingerprint density at radius 3 is 2.21 bits per heavy atom. The van der Waals surface area contributed by atoms with Crippen LogP contribution in [0.15, 0.2) is 106 Å². The molecule has 3 aromatic carbocycles. The van der Waals surface area contributed by atoms with Crippen LogP contribution in [0.3, 0.4) is 0 Å². The molecular weight excluding hydrogens is 612 g/mol. The Kier molecular flexibility index (Phi) is 10.4. The first-order chi connectivity index (χ1) is 23.0. The van der Waals surface area contributed by atoms with Crippen molar-refractivity contribution in [1.82, 2.24) is 25.1 Å². The van der Waals surface area contributed by atoms with Crippen LogP contribution in [-0.4, -0.2) is 42.9 Å². The molecule has 1 unspecified atom stereocenters. The number of ether oxygens (including phenoxy) is 1. The van der Waals surface area contributed by atoms with E-state index in [2.05, 4.69) is 25.8 Å². The summed E-state index contributed by atoms with van der Waals surface area (Å²) in [5.74, 6) is -0.366. The summed E-state index contributed by atoms with van der Waals surface area (Å²) in [6.07, 6.45) is -0.954. The van der Waals surface area contributed by atoms with Crippen molar-refractivity contribution in [3.8, 4) is 11.4 Å². The van der Waals surface area contributed by atoms with E-state index >= 15 is 0 Å². The number of hydrogen-bond donors (Lipinski definition) is 3. The highest BCUT2D eigenvalue weighted by molar-refractivity contribution is 5.84. The van der Waals surface area contributed by atoms with Gasteiger partial charge in [-0.1, -0.05) is 105 Å². The number of benzene rings is 3. The molecular formula is C36H38N6O6. The first-order valence-electron chi connectivity index (χ1n) is 15.5. The van der Waals surface area contributed by atoms with Crippen molar-refractivity contribution < 1.29 is 23.8 Å². The van der Waals surface area contributed by atoms with Crippen LogP contribution in [0.25, 0.3) is 11.4 Å². The first-order valence-corrected chi connectivity index (χ1v) is 15.5. The van der Waals surface area contributed by atoms with Crippen molar-refractivity contribution in [3.63, 3.8) is 0 Å². The van der Waals surface area contributed by atoms with Gasteiger partial charge in [0, 0.05) is 5.56 Å². The fraction of sp³-hybridized carbons (Fsp3) is 0.278. The minimum atomic E-state index is -1.34. The third-order valence-electron chi connectivity index (χ3n) is 7.94. The molecule has 0 radical (unpaired) electrons. The predicted octanol–water partition coefficient (Wildman–Crippen LogP) is 5.24. The van der Waals surface area contributed by atoms with E-state index in [9.17, 15) is 19.5 Å². The van der Waals surface area contributed by atoms with Crippen molar-refractivity contribution in [2.75, 3.05) is 5.32 Å². The monoisotopic (exact) mass is 650 g/mol. The second-order valence-electron chi connectivity index (χ2n) is 12.2. The molecule has 0 bridgehead atoms. The Hall–Kier alpha value is -5.62. The number of nitrogens with zero attached hydrogens (tertiary/aromatic N) is 4. The highest BCUT2D eigenvalue weighted by Gasteiger charge is 2.34. The average Bonchev–Trinajstić information content (AvgIpc) is 3.61. The SMILES string of the molecule is CC(C)[C@H](NC(=O)Cn1c(-c2ccccc2)ncc(NC(=O)OCc2ccccc2)c1=O)C(O)c1nnc(C(C)(C)c2ccccc2)o1. The number of aliphatic hydroxyl groups excluding tert-OH is 1. The van der Waals surface area contributed by atoms with Crippen molar-refractivity contribution in [1.29, 1.82) is 0 Å². The number of amides is 2. The van der Waals surface area contributed by atoms with Crippen LogP contribution in [0.2, 0.25) is 0 Å². The second-order valence-corrected chi connectivity index (χ2v) is 12.2. The summed E-state index contributed by atoms with van der Waals surface area (Å²) in [4.78, 5) is 44.2. The largest absolute Gasteiger partial charge is 0.444 e. The normalized spacial score (nSPS) is 12.7. The van der Waals surface area contributed by atoms with Crippen LogP contribution in [0.4, 0.5) is 10.5 Å². The standard InChI is InChI=1S/C36H38N6O6/c1-23(2)29(30(44)32-40-41-34(48-32)36(3,4)26-18-12-7-13-19-26)39-28(43)21-42-31(25-16-10-6-11-17-25)37-20-27(33(42)45)38-35(46)47-22-24-14-8-5-9-15-24/h5-20,23,29-30,44H,21-22H2,1-4H3,(H,38,46)(H,39,43)/t29-,30?/m0/s1. The van der Waals surface area contributed by atoms with Crippen molar-refractivity contribution in [3.05, 3.63) is 130 Å². The number of carbonyl (C=O) groups is 2. The molecule has 248 valence electrons. The van der Waals surface area contributed by atoms with Crippen LogP contribution < -0.4 is 16.2 Å². The Morgan fingerprint density at radius 1 is 0.938 bits per heavy atom. The molecule has 12 nitrogen and oxygen atoms in total. The summed E-state index contributed by atoms with van der Waals surface area (Å²) < 4.78 is 12.4. The Labute approximate surface area is 277 Å². The lowest BCUT2D eigenvalue weighted by Gasteiger charge is -2.26. The van der Waals surface area contributed by atoms with Gasteiger partial charge in [-0.2, -0.15) is 0 Å². The lowest BCUT2D eigenvalue weighted by Crippen LogP contribution is -2.45. The predicted molar refractivity (Wildman–Crippen MR) is 179 cm³/mol. The van der Waals surface area contributed by atoms with Gasteiger partial charge in [-0.25, -0.2) is 9.78 Å². The molecule has 0 aliphatic rings. The molecule has 0 spiro atoms. The van der Waals surface area contributed by atoms with E-state index in [-0.39, 0.29) is 29.9 Å². The molecule has 5 aromatic rings. The molecule has 3 N–H and O–H groups in total. The quantitative estimate of drug-likeness (QED) is 0.164. The average molecular weight is 651 g/mol. The first kappa shape index (κ1) is 33.7. The molecule has 0 saturated heterocycles. The van der Waals surface area contributed by atoms with E-state index in [1.165, 1.54) is 6.20 Å². The number of anilines is 1. The maximum absolute atomic E-state index is 13.7. The van der Waals surface area contributed by atoms with Crippen LogP contribution >= 0.6 is 0 Å². The highest BCUT2D eigenvalue weighted by atomic mass is 16.5. The lowest BCUT2D eigenvalue weighted by molar-refractivity contribution is -0.124. The van der Waals surface area contributed by atoms with E-state index in [1.54, 1.807) is 36.4 Å². The van der Waals surface area contributed by atoms with Gasteiger partial charge in [-0.05, 0) is 30.9 Å². The molecule has 0 aliphatic heterocycles. The lowest BCUT2D eigenvalue weighted by atomic mass is 9.85. The van der Waals surface area contributed by atoms with E-state index in [1.807, 2.05) is 82.3 Å². The van der Waals surface area contributed by atoms with Crippen LogP contribution in [0.1, 0.15) is 56.7 Å². The maximum atomic E-state index is 13.7. The molecule has 2 heterocycles. The van der Waals surface area contributed by atoms with Gasteiger partial charge in [-0.3, -0.25) is 19.5 Å². The zero-order chi connectivity index (χ0) is 34.3. The Bertz CT molecular complexity index is 1890. The maximum Gasteiger partial charge on any atom is 0.412 e. The van der Waals surface area contributed by atoms with Gasteiger partial charge in [0.15, 0.2) is 6.10 Å². The summed E-state index contributed by atoms with van der Waals surface area (Å²) in [5.41, 5.74) is 0.858. The molecule has 2 atom stereocenters. The highest BCUT2D eigenvalue weighted by Crippen LogP contribution is 2.32. The van der Waals surface area contributed by atoms with Gasteiger partial charge >= 0.3 is 6.09 Å². The van der Waals surface area contributed by atoms with Crippen molar-refractivity contribution in [2.24, 2.45) is 5.92 Å². The molecule has 2 aromatic heterocycles. The minimum Gasteiger partial charge on any atom is -0.444 e. The van der Waals surface area contributed by atoms with Gasteiger partial charge in [0.2, 0.25) is 17.7 Å². The Morgan fingerprint density at radius 2 is 1.56 bits per heavy atom. The summed E-state index contributed by atoms with van der Waals surface area (Å²) in [7, 11) is 0. The Balaban J connectivity index is 1.35. The molecule has 48 heavy (non-hydrogen) atoms. The number of aliphatic hydroxyl groups is 1. The second kappa shape index (κ2) is 14.9. The fourth-order valence-corrected chi connectivity index (χ4v) is 5.14. The van der Waals surface area contributed by atoms with Crippen LogP contribution in [-0.2, 0) is 28.1 Å². The summed E-state index contributed by atoms with van der Waals surface area (Å²) in [6.45, 7) is 7.08. The molecule has 0 fully saturated rings. The summed E-state index contributed by atoms with van der Waals surface area (Å²) in [5, 5.41) is 24.9. The van der Waals surface area contributed by atoms with Crippen molar-refractivity contribution in [2.45, 2.75) is 58.4 Å². The molecule has 0 saturated carbocycles. The van der Waals surface area contributed by atoms with Gasteiger partial charge in [-0.15, -0.1) is 10.2 Å². The third kappa shape index (κ3) is 7.84. The van der Waals surface area contributed by atoms with Gasteiger partial charge in [0.1, 0.15) is 24.7 Å². The summed E-state index contributed by atoms with van der Waals surface area (Å²) >= 11 is 0. The van der Waals surface area contributed by atoms with E-state index in [0.717, 1.165) is 15.7 Å². The number of nitrogens with one attached hydrogen (secondary N) is 2. The number of carbonyl (C=O) groups excluding carboxylic acids is 2. The summed E-state index contributed by atoms with van der Waals surface area (Å²) in [6, 6.07) is 26.8. The molecule has 12 heteroatoms. The van der Waals surface area contributed by atoms with Gasteiger partial charge in [0.25, 0.3) is 5.56 Å². The molecule has 2 amide bonds. The van der Waals surface area contributed by atoms with E-state index in [4.69, 9.17) is 9.15 Å². The zero-order valence-electron chi connectivity index (χ0n) is 27.2. The topological polar surface area (TPSA) is 161 Å². The minimum absolute atomic E-state index is 0.00298.